The summed E-state index contributed by atoms with van der Waals surface area (Å²) in [5.74, 6) is -0.945. The van der Waals surface area contributed by atoms with Crippen LogP contribution < -0.4 is 9.62 Å². The molecule has 190 valence electrons. The van der Waals surface area contributed by atoms with Crippen LogP contribution in [0.25, 0.3) is 0 Å². The molecule has 0 heterocycles. The molecule has 1 unspecified atom stereocenters. The lowest BCUT2D eigenvalue weighted by Gasteiger charge is -2.33. The second-order valence-electron chi connectivity index (χ2n) is 8.64. The summed E-state index contributed by atoms with van der Waals surface area (Å²) in [5, 5.41) is 14.0. The highest BCUT2D eigenvalue weighted by atomic mass is 32.2. The van der Waals surface area contributed by atoms with Crippen molar-refractivity contribution in [2.75, 3.05) is 17.1 Å². The molecule has 1 N–H and O–H groups in total. The molecule has 0 radical (unpaired) electrons. The van der Waals surface area contributed by atoms with Gasteiger partial charge >= 0.3 is 0 Å². The Morgan fingerprint density at radius 2 is 1.77 bits per heavy atom. The second-order valence-corrected chi connectivity index (χ2v) is 10.6. The van der Waals surface area contributed by atoms with Gasteiger partial charge in [0.05, 0.1) is 16.9 Å². The number of benzene rings is 2. The van der Waals surface area contributed by atoms with E-state index in [1.54, 1.807) is 6.92 Å². The Kier molecular flexibility index (Phi) is 9.35. The van der Waals surface area contributed by atoms with Crippen LogP contribution in [0.4, 0.5) is 11.4 Å². The first kappa shape index (κ1) is 27.8. The van der Waals surface area contributed by atoms with E-state index >= 15 is 0 Å². The first-order valence-corrected chi connectivity index (χ1v) is 13.1. The van der Waals surface area contributed by atoms with Gasteiger partial charge in [0.1, 0.15) is 12.6 Å². The quantitative estimate of drug-likeness (QED) is 0.370. The fraction of sp³-hybridized carbons (Fsp3) is 0.417. The van der Waals surface area contributed by atoms with E-state index in [9.17, 15) is 28.1 Å². The zero-order chi connectivity index (χ0) is 26.3. The van der Waals surface area contributed by atoms with Crippen molar-refractivity contribution >= 4 is 33.2 Å². The maximum absolute atomic E-state index is 13.6. The van der Waals surface area contributed by atoms with Crippen LogP contribution >= 0.6 is 0 Å². The number of nitro groups is 1. The molecule has 0 aliphatic heterocycles. The standard InChI is InChI=1S/C24H32N4O6S/c1-6-22(24(30)25-17(2)3)26(15-19-10-7-9-18(4)13-19)23(29)16-27(35(5,33)34)20-11-8-12-21(14-20)28(31)32/h7-14,17,22H,6,15-16H2,1-5H3,(H,25,30). The molecule has 0 aliphatic rings. The van der Waals surface area contributed by atoms with Crippen molar-refractivity contribution in [1.82, 2.24) is 10.2 Å². The average Bonchev–Trinajstić information content (AvgIpc) is 2.76. The number of carbonyl (C=O) groups is 2. The van der Waals surface area contributed by atoms with Crippen molar-refractivity contribution in [3.8, 4) is 0 Å². The summed E-state index contributed by atoms with van der Waals surface area (Å²) in [6.07, 6.45) is 1.23. The molecule has 35 heavy (non-hydrogen) atoms. The number of anilines is 1. The lowest BCUT2D eigenvalue weighted by atomic mass is 10.1. The molecule has 1 atom stereocenters. The molecule has 10 nitrogen and oxygen atoms in total. The van der Waals surface area contributed by atoms with E-state index in [0.717, 1.165) is 27.8 Å². The van der Waals surface area contributed by atoms with E-state index in [1.165, 1.54) is 23.1 Å². The molecule has 2 aromatic rings. The van der Waals surface area contributed by atoms with Crippen molar-refractivity contribution in [2.45, 2.75) is 52.7 Å². The Balaban J connectivity index is 2.48. The minimum Gasteiger partial charge on any atom is -0.352 e. The number of nitro benzene ring substituents is 1. The van der Waals surface area contributed by atoms with Crippen LogP contribution in [-0.2, 0) is 26.2 Å². The fourth-order valence-electron chi connectivity index (χ4n) is 3.68. The van der Waals surface area contributed by atoms with Gasteiger partial charge in [0, 0.05) is 24.7 Å². The van der Waals surface area contributed by atoms with Gasteiger partial charge in [-0.3, -0.25) is 24.0 Å². The van der Waals surface area contributed by atoms with Gasteiger partial charge in [0.2, 0.25) is 21.8 Å². The summed E-state index contributed by atoms with van der Waals surface area (Å²) in [6.45, 7) is 6.78. The molecule has 0 aliphatic carbocycles. The van der Waals surface area contributed by atoms with Crippen molar-refractivity contribution in [3.63, 3.8) is 0 Å². The van der Waals surface area contributed by atoms with E-state index in [-0.39, 0.29) is 29.9 Å². The number of non-ortho nitro benzene ring substituents is 1. The van der Waals surface area contributed by atoms with Crippen molar-refractivity contribution in [3.05, 3.63) is 69.8 Å². The van der Waals surface area contributed by atoms with Crippen molar-refractivity contribution < 1.29 is 22.9 Å². The summed E-state index contributed by atoms with van der Waals surface area (Å²) < 4.78 is 26.0. The van der Waals surface area contributed by atoms with Crippen molar-refractivity contribution in [1.29, 1.82) is 0 Å². The van der Waals surface area contributed by atoms with E-state index < -0.39 is 33.4 Å². The summed E-state index contributed by atoms with van der Waals surface area (Å²) in [6, 6.07) is 11.6. The summed E-state index contributed by atoms with van der Waals surface area (Å²) >= 11 is 0. The largest absolute Gasteiger partial charge is 0.352 e. The Hall–Kier alpha value is -3.47. The van der Waals surface area contributed by atoms with Gasteiger partial charge in [-0.05, 0) is 38.8 Å². The summed E-state index contributed by atoms with van der Waals surface area (Å²) in [7, 11) is -3.98. The highest BCUT2D eigenvalue weighted by Crippen LogP contribution is 2.24. The minimum atomic E-state index is -3.98. The van der Waals surface area contributed by atoms with Crippen LogP contribution in [0.2, 0.25) is 0 Å². The van der Waals surface area contributed by atoms with E-state index in [2.05, 4.69) is 5.32 Å². The fourth-order valence-corrected chi connectivity index (χ4v) is 4.52. The zero-order valence-corrected chi connectivity index (χ0v) is 21.4. The Bertz CT molecular complexity index is 1180. The first-order valence-electron chi connectivity index (χ1n) is 11.2. The number of nitrogens with zero attached hydrogens (tertiary/aromatic N) is 3. The normalized spacial score (nSPS) is 12.2. The lowest BCUT2D eigenvalue weighted by Crippen LogP contribution is -2.53. The first-order chi connectivity index (χ1) is 16.3. The molecule has 0 fully saturated rings. The third kappa shape index (κ3) is 7.78. The van der Waals surface area contributed by atoms with Gasteiger partial charge in [-0.1, -0.05) is 42.8 Å². The number of hydrogen-bond donors (Lipinski definition) is 1. The predicted molar refractivity (Wildman–Crippen MR) is 134 cm³/mol. The highest BCUT2D eigenvalue weighted by molar-refractivity contribution is 7.92. The van der Waals surface area contributed by atoms with Crippen molar-refractivity contribution in [2.24, 2.45) is 0 Å². The number of hydrogen-bond acceptors (Lipinski definition) is 6. The molecule has 0 saturated carbocycles. The maximum Gasteiger partial charge on any atom is 0.271 e. The Morgan fingerprint density at radius 1 is 1.11 bits per heavy atom. The molecule has 2 rings (SSSR count). The number of aryl methyl sites for hydroxylation is 1. The van der Waals surface area contributed by atoms with Crippen LogP contribution in [0.1, 0.15) is 38.3 Å². The van der Waals surface area contributed by atoms with Crippen LogP contribution in [0, 0.1) is 17.0 Å². The second kappa shape index (κ2) is 11.8. The van der Waals surface area contributed by atoms with Crippen LogP contribution in [-0.4, -0.2) is 54.9 Å². The number of nitrogens with one attached hydrogen (secondary N) is 1. The topological polar surface area (TPSA) is 130 Å². The summed E-state index contributed by atoms with van der Waals surface area (Å²) in [4.78, 5) is 38.4. The molecular formula is C24H32N4O6S. The van der Waals surface area contributed by atoms with Gasteiger partial charge in [-0.25, -0.2) is 8.42 Å². The highest BCUT2D eigenvalue weighted by Gasteiger charge is 2.32. The molecule has 0 aromatic heterocycles. The van der Waals surface area contributed by atoms with E-state index in [0.29, 0.717) is 6.42 Å². The Morgan fingerprint density at radius 3 is 2.31 bits per heavy atom. The monoisotopic (exact) mass is 504 g/mol. The SMILES string of the molecule is CCC(C(=O)NC(C)C)N(Cc1cccc(C)c1)C(=O)CN(c1cccc([N+](=O)[O-])c1)S(C)(=O)=O. The van der Waals surface area contributed by atoms with Crippen LogP contribution in [0.5, 0.6) is 0 Å². The zero-order valence-electron chi connectivity index (χ0n) is 20.6. The molecule has 2 amide bonds. The van der Waals surface area contributed by atoms with Gasteiger partial charge in [-0.15, -0.1) is 0 Å². The van der Waals surface area contributed by atoms with E-state index in [4.69, 9.17) is 0 Å². The molecule has 0 saturated heterocycles. The van der Waals surface area contributed by atoms with Gasteiger partial charge in [-0.2, -0.15) is 0 Å². The van der Waals surface area contributed by atoms with E-state index in [1.807, 2.05) is 45.0 Å². The molecule has 2 aromatic carbocycles. The summed E-state index contributed by atoms with van der Waals surface area (Å²) in [5.41, 5.74) is 1.45. The Labute approximate surface area is 206 Å². The molecule has 11 heteroatoms. The molecule has 0 bridgehead atoms. The lowest BCUT2D eigenvalue weighted by molar-refractivity contribution is -0.384. The number of carbonyl (C=O) groups excluding carboxylic acids is 2. The number of amides is 2. The third-order valence-electron chi connectivity index (χ3n) is 5.26. The number of sulfonamides is 1. The molecular weight excluding hydrogens is 472 g/mol. The predicted octanol–water partition coefficient (Wildman–Crippen LogP) is 3.00. The smallest absolute Gasteiger partial charge is 0.271 e. The minimum absolute atomic E-state index is 0.00904. The molecule has 0 spiro atoms. The maximum atomic E-state index is 13.6. The van der Waals surface area contributed by atoms with Gasteiger partial charge in [0.25, 0.3) is 5.69 Å². The number of rotatable bonds is 11. The third-order valence-corrected chi connectivity index (χ3v) is 6.40. The van der Waals surface area contributed by atoms with Gasteiger partial charge in [0.15, 0.2) is 0 Å². The van der Waals surface area contributed by atoms with Gasteiger partial charge < -0.3 is 10.2 Å². The van der Waals surface area contributed by atoms with Crippen LogP contribution in [0.3, 0.4) is 0 Å². The van der Waals surface area contributed by atoms with Crippen LogP contribution in [0.15, 0.2) is 48.5 Å². The average molecular weight is 505 g/mol.